The van der Waals surface area contributed by atoms with Crippen LogP contribution in [0.25, 0.3) is 28.1 Å². The molecule has 0 fully saturated rings. The van der Waals surface area contributed by atoms with Crippen LogP contribution in [0.2, 0.25) is 0 Å². The van der Waals surface area contributed by atoms with Crippen molar-refractivity contribution < 1.29 is 5.11 Å². The lowest BCUT2D eigenvalue weighted by atomic mass is 10.1. The zero-order valence-corrected chi connectivity index (χ0v) is 15.5. The Labute approximate surface area is 159 Å². The topological polar surface area (TPSA) is 42.5 Å². The molecule has 0 bridgehead atoms. The van der Waals surface area contributed by atoms with E-state index in [-0.39, 0.29) is 0 Å². The van der Waals surface area contributed by atoms with E-state index in [0.29, 0.717) is 17.2 Å². The van der Waals surface area contributed by atoms with E-state index in [2.05, 4.69) is 0 Å². The third kappa shape index (κ3) is 2.61. The highest BCUT2D eigenvalue weighted by Gasteiger charge is 2.37. The molecule has 2 aromatic carbocycles. The number of aliphatic hydroxyl groups is 1. The molecule has 7 heteroatoms. The van der Waals surface area contributed by atoms with E-state index >= 15 is 0 Å². The Kier molecular flexibility index (Phi) is 3.96. The van der Waals surface area contributed by atoms with Crippen molar-refractivity contribution in [2.75, 3.05) is 0 Å². The van der Waals surface area contributed by atoms with Gasteiger partial charge in [-0.15, -0.1) is 0 Å². The van der Waals surface area contributed by atoms with E-state index in [4.69, 9.17) is 39.8 Å². The second-order valence-electron chi connectivity index (χ2n) is 5.84. The predicted molar refractivity (Wildman–Crippen MR) is 102 cm³/mol. The number of alkyl halides is 3. The van der Waals surface area contributed by atoms with Gasteiger partial charge in [-0.3, -0.25) is 4.40 Å². The van der Waals surface area contributed by atoms with Gasteiger partial charge in [0.25, 0.3) is 0 Å². The van der Waals surface area contributed by atoms with Gasteiger partial charge < -0.3 is 9.67 Å². The number of halogens is 3. The Bertz CT molecular complexity index is 1060. The number of imidazole rings is 2. The maximum Gasteiger partial charge on any atom is 0.221 e. The molecule has 0 aliphatic carbocycles. The molecule has 2 heterocycles. The summed E-state index contributed by atoms with van der Waals surface area (Å²) < 4.78 is 1.93. The molecule has 1 atom stereocenters. The van der Waals surface area contributed by atoms with E-state index < -0.39 is 9.90 Å². The first kappa shape index (κ1) is 16.7. The fourth-order valence-corrected chi connectivity index (χ4v) is 3.45. The number of aryl methyl sites for hydroxylation is 1. The summed E-state index contributed by atoms with van der Waals surface area (Å²) >= 11 is 18.1. The highest BCUT2D eigenvalue weighted by Crippen LogP contribution is 2.44. The van der Waals surface area contributed by atoms with Gasteiger partial charge in [0, 0.05) is 12.6 Å². The van der Waals surface area contributed by atoms with Gasteiger partial charge in [-0.05, 0) is 12.1 Å². The fraction of sp³-hybridized carbons (Fsp3) is 0.167. The summed E-state index contributed by atoms with van der Waals surface area (Å²) in [6.45, 7) is 0. The molecule has 4 aromatic rings. The van der Waals surface area contributed by atoms with E-state index in [1.165, 1.54) is 0 Å². The second-order valence-corrected chi connectivity index (χ2v) is 8.21. The Morgan fingerprint density at radius 2 is 1.56 bits per heavy atom. The number of aromatic nitrogens is 3. The van der Waals surface area contributed by atoms with Crippen LogP contribution in [0.15, 0.2) is 54.6 Å². The number of hydrogen-bond donors (Lipinski definition) is 1. The van der Waals surface area contributed by atoms with E-state index in [1.807, 2.05) is 70.6 Å². The predicted octanol–water partition coefficient (Wildman–Crippen LogP) is 4.90. The van der Waals surface area contributed by atoms with Crippen LogP contribution < -0.4 is 0 Å². The van der Waals surface area contributed by atoms with Gasteiger partial charge in [-0.1, -0.05) is 77.3 Å². The van der Waals surface area contributed by atoms with Crippen molar-refractivity contribution in [1.29, 1.82) is 0 Å². The molecular formula is C18H14Cl3N3O. The molecule has 0 aliphatic rings. The van der Waals surface area contributed by atoms with Crippen LogP contribution in [0, 0.1) is 0 Å². The quantitative estimate of drug-likeness (QED) is 0.492. The Balaban J connectivity index is 2.14. The monoisotopic (exact) mass is 393 g/mol. The van der Waals surface area contributed by atoms with Gasteiger partial charge >= 0.3 is 0 Å². The number of nitrogens with zero attached hydrogens (tertiary/aromatic N) is 3. The van der Waals surface area contributed by atoms with Crippen molar-refractivity contribution >= 4 is 51.6 Å². The molecule has 128 valence electrons. The number of para-hydroxylation sites is 2. The van der Waals surface area contributed by atoms with Gasteiger partial charge in [0.15, 0.2) is 0 Å². The molecule has 2 aromatic heterocycles. The standard InChI is InChI=1S/C18H14Cl3N3O/c1-23-12-9-5-6-10-13(12)24-15(16(25)18(19,20)21)14(22-17(23)24)11-7-3-2-4-8-11/h2-10,16,25H,1H3/t16-/m0/s1. The zero-order chi connectivity index (χ0) is 17.8. The van der Waals surface area contributed by atoms with E-state index in [1.54, 1.807) is 0 Å². The van der Waals surface area contributed by atoms with Crippen LogP contribution in [0.3, 0.4) is 0 Å². The summed E-state index contributed by atoms with van der Waals surface area (Å²) in [5.41, 5.74) is 3.76. The van der Waals surface area contributed by atoms with Crippen LogP contribution in [0.4, 0.5) is 0 Å². The third-order valence-electron chi connectivity index (χ3n) is 4.30. The van der Waals surface area contributed by atoms with Crippen molar-refractivity contribution in [3.63, 3.8) is 0 Å². The smallest absolute Gasteiger partial charge is 0.221 e. The molecule has 0 saturated heterocycles. The molecular weight excluding hydrogens is 381 g/mol. The Morgan fingerprint density at radius 1 is 0.960 bits per heavy atom. The average Bonchev–Trinajstić information content (AvgIpc) is 3.11. The van der Waals surface area contributed by atoms with E-state index in [9.17, 15) is 5.11 Å². The van der Waals surface area contributed by atoms with Crippen LogP contribution in [0.1, 0.15) is 11.8 Å². The molecule has 0 unspecified atom stereocenters. The second kappa shape index (κ2) is 5.92. The molecule has 25 heavy (non-hydrogen) atoms. The summed E-state index contributed by atoms with van der Waals surface area (Å²) in [5, 5.41) is 10.8. The van der Waals surface area contributed by atoms with Gasteiger partial charge in [-0.2, -0.15) is 0 Å². The molecule has 0 amide bonds. The van der Waals surface area contributed by atoms with Crippen molar-refractivity contribution in [2.24, 2.45) is 7.05 Å². The third-order valence-corrected chi connectivity index (χ3v) is 4.92. The first-order valence-electron chi connectivity index (χ1n) is 7.65. The number of rotatable bonds is 2. The minimum absolute atomic E-state index is 0.456. The Morgan fingerprint density at radius 3 is 2.20 bits per heavy atom. The minimum Gasteiger partial charge on any atom is -0.382 e. The number of fused-ring (bicyclic) bond motifs is 3. The Hall–Kier alpha value is -1.72. The molecule has 0 saturated carbocycles. The van der Waals surface area contributed by atoms with Crippen molar-refractivity contribution in [3.05, 3.63) is 60.3 Å². The summed E-state index contributed by atoms with van der Waals surface area (Å²) in [6.07, 6.45) is -1.34. The number of aliphatic hydroxyl groups excluding tert-OH is 1. The molecule has 4 nitrogen and oxygen atoms in total. The van der Waals surface area contributed by atoms with Crippen LogP contribution in [-0.2, 0) is 7.05 Å². The van der Waals surface area contributed by atoms with Gasteiger partial charge in [0.2, 0.25) is 9.57 Å². The maximum atomic E-state index is 10.8. The van der Waals surface area contributed by atoms with Crippen LogP contribution >= 0.6 is 34.8 Å². The van der Waals surface area contributed by atoms with Gasteiger partial charge in [-0.25, -0.2) is 4.98 Å². The molecule has 4 rings (SSSR count). The van der Waals surface area contributed by atoms with Crippen molar-refractivity contribution in [3.8, 4) is 11.3 Å². The highest BCUT2D eigenvalue weighted by molar-refractivity contribution is 6.68. The number of benzene rings is 2. The van der Waals surface area contributed by atoms with Crippen molar-refractivity contribution in [2.45, 2.75) is 9.90 Å². The minimum atomic E-state index is -1.88. The summed E-state index contributed by atoms with van der Waals surface area (Å²) in [6, 6.07) is 17.4. The maximum absolute atomic E-state index is 10.8. The average molecular weight is 395 g/mol. The van der Waals surface area contributed by atoms with E-state index in [0.717, 1.165) is 16.6 Å². The molecule has 0 spiro atoms. The highest BCUT2D eigenvalue weighted by atomic mass is 35.6. The van der Waals surface area contributed by atoms with Crippen molar-refractivity contribution in [1.82, 2.24) is 14.0 Å². The molecule has 0 aliphatic heterocycles. The summed E-state index contributed by atoms with van der Waals surface area (Å²) in [7, 11) is 1.92. The molecule has 0 radical (unpaired) electrons. The first-order chi connectivity index (χ1) is 11.9. The van der Waals surface area contributed by atoms with Gasteiger partial charge in [0.05, 0.1) is 22.4 Å². The van der Waals surface area contributed by atoms with Crippen LogP contribution in [-0.4, -0.2) is 22.9 Å². The molecule has 1 N–H and O–H groups in total. The summed E-state index contributed by atoms with van der Waals surface area (Å²) in [5.74, 6) is 0.670. The zero-order valence-electron chi connectivity index (χ0n) is 13.2. The van der Waals surface area contributed by atoms with Crippen LogP contribution in [0.5, 0.6) is 0 Å². The fourth-order valence-electron chi connectivity index (χ4n) is 3.14. The lowest BCUT2D eigenvalue weighted by Gasteiger charge is -2.20. The normalized spacial score (nSPS) is 13.6. The van der Waals surface area contributed by atoms with Gasteiger partial charge in [0.1, 0.15) is 6.10 Å². The lowest BCUT2D eigenvalue weighted by molar-refractivity contribution is 0.177. The first-order valence-corrected chi connectivity index (χ1v) is 8.79. The lowest BCUT2D eigenvalue weighted by Crippen LogP contribution is -2.19. The number of hydrogen-bond acceptors (Lipinski definition) is 2. The summed E-state index contributed by atoms with van der Waals surface area (Å²) in [4.78, 5) is 4.74. The largest absolute Gasteiger partial charge is 0.382 e. The SMILES string of the molecule is Cn1c2ccccc2n2c([C@H](O)C(Cl)(Cl)Cl)c(-c3ccccc3)nc12.